The molecule has 0 N–H and O–H groups in total. The molecule has 0 unspecified atom stereocenters. The lowest BCUT2D eigenvalue weighted by Gasteiger charge is -2.04. The lowest BCUT2D eigenvalue weighted by molar-refractivity contribution is -0.118. The predicted molar refractivity (Wildman–Crippen MR) is 69.2 cm³/mol. The van der Waals surface area contributed by atoms with E-state index in [0.29, 0.717) is 22.9 Å². The molecule has 1 aromatic rings. The van der Waals surface area contributed by atoms with Gasteiger partial charge in [-0.15, -0.1) is 6.58 Å². The van der Waals surface area contributed by atoms with Crippen molar-refractivity contribution in [2.75, 3.05) is 0 Å². The van der Waals surface area contributed by atoms with Crippen molar-refractivity contribution >= 4 is 29.0 Å². The second-order valence-electron chi connectivity index (χ2n) is 3.91. The summed E-state index contributed by atoms with van der Waals surface area (Å²) in [6.07, 6.45) is 1.63. The molecule has 86 valence electrons. The van der Waals surface area contributed by atoms with Gasteiger partial charge in [0.25, 0.3) is 0 Å². The van der Waals surface area contributed by atoms with Gasteiger partial charge in [-0.2, -0.15) is 0 Å². The van der Waals surface area contributed by atoms with Gasteiger partial charge in [0.2, 0.25) is 0 Å². The first-order chi connectivity index (χ1) is 7.49. The van der Waals surface area contributed by atoms with E-state index in [0.717, 1.165) is 17.6 Å². The third-order valence-corrected chi connectivity index (χ3v) is 2.82. The number of ketones is 1. The molecule has 0 bridgehead atoms. The number of hydrogen-bond donors (Lipinski definition) is 0. The number of benzene rings is 1. The predicted octanol–water partition coefficient (Wildman–Crippen LogP) is 4.46. The Morgan fingerprint density at radius 2 is 2.00 bits per heavy atom. The fourth-order valence-corrected chi connectivity index (χ4v) is 1.79. The Morgan fingerprint density at radius 3 is 2.56 bits per heavy atom. The molecule has 1 rings (SSSR count). The highest BCUT2D eigenvalue weighted by Gasteiger charge is 2.07. The minimum Gasteiger partial charge on any atom is -0.299 e. The summed E-state index contributed by atoms with van der Waals surface area (Å²) in [6, 6.07) is 5.20. The van der Waals surface area contributed by atoms with Crippen LogP contribution in [0, 0.1) is 0 Å². The number of hydrogen-bond acceptors (Lipinski definition) is 1. The normalized spacial score (nSPS) is 10.2. The molecule has 1 aromatic carbocycles. The highest BCUT2D eigenvalue weighted by molar-refractivity contribution is 6.35. The molecule has 0 radical (unpaired) electrons. The number of halogens is 2. The van der Waals surface area contributed by atoms with E-state index in [1.54, 1.807) is 18.2 Å². The number of Topliss-reactive ketones (excluding diaryl/α,β-unsaturated/α-hetero) is 1. The summed E-state index contributed by atoms with van der Waals surface area (Å²) in [6.45, 7) is 5.69. The first-order valence-corrected chi connectivity index (χ1v) is 5.84. The van der Waals surface area contributed by atoms with Gasteiger partial charge in [-0.05, 0) is 31.0 Å². The number of allylic oxidation sites excluding steroid dienone is 1. The van der Waals surface area contributed by atoms with Gasteiger partial charge in [-0.3, -0.25) is 4.79 Å². The van der Waals surface area contributed by atoms with E-state index < -0.39 is 0 Å². The molecule has 0 aliphatic heterocycles. The summed E-state index contributed by atoms with van der Waals surface area (Å²) in [5.41, 5.74) is 1.85. The lowest BCUT2D eigenvalue weighted by atomic mass is 10.0. The molecule has 0 amide bonds. The fourth-order valence-electron chi connectivity index (χ4n) is 1.32. The van der Waals surface area contributed by atoms with Crippen molar-refractivity contribution in [2.24, 2.45) is 0 Å². The first-order valence-electron chi connectivity index (χ1n) is 5.09. The Balaban J connectivity index is 2.59. The average Bonchev–Trinajstić information content (AvgIpc) is 2.19. The van der Waals surface area contributed by atoms with Crippen molar-refractivity contribution in [1.82, 2.24) is 0 Å². The molecule has 0 fully saturated rings. The summed E-state index contributed by atoms with van der Waals surface area (Å²) in [7, 11) is 0. The highest BCUT2D eigenvalue weighted by Crippen LogP contribution is 2.22. The van der Waals surface area contributed by atoms with E-state index in [2.05, 4.69) is 6.58 Å². The SMILES string of the molecule is C=C(C)CCC(=O)Cc1ccc(Cl)cc1Cl. The molecule has 0 spiro atoms. The second-order valence-corrected chi connectivity index (χ2v) is 4.75. The first kappa shape index (κ1) is 13.3. The Labute approximate surface area is 106 Å². The van der Waals surface area contributed by atoms with Crippen molar-refractivity contribution in [1.29, 1.82) is 0 Å². The zero-order chi connectivity index (χ0) is 12.1. The van der Waals surface area contributed by atoms with E-state index in [9.17, 15) is 4.79 Å². The summed E-state index contributed by atoms with van der Waals surface area (Å²) in [4.78, 5) is 11.6. The van der Waals surface area contributed by atoms with Gasteiger partial charge < -0.3 is 0 Å². The standard InChI is InChI=1S/C13H14Cl2O/c1-9(2)3-6-12(16)7-10-4-5-11(14)8-13(10)15/h4-5,8H,1,3,6-7H2,2H3. The molecule has 16 heavy (non-hydrogen) atoms. The minimum absolute atomic E-state index is 0.173. The van der Waals surface area contributed by atoms with Crippen molar-refractivity contribution in [2.45, 2.75) is 26.2 Å². The van der Waals surface area contributed by atoms with Crippen LogP contribution in [0.25, 0.3) is 0 Å². The van der Waals surface area contributed by atoms with E-state index in [1.165, 1.54) is 0 Å². The minimum atomic E-state index is 0.173. The molecule has 1 nitrogen and oxygen atoms in total. The van der Waals surface area contributed by atoms with E-state index >= 15 is 0 Å². The maximum Gasteiger partial charge on any atom is 0.137 e. The zero-order valence-corrected chi connectivity index (χ0v) is 10.7. The summed E-state index contributed by atoms with van der Waals surface area (Å²) in [5.74, 6) is 0.173. The molecular formula is C13H14Cl2O. The lowest BCUT2D eigenvalue weighted by Crippen LogP contribution is -2.03. The third-order valence-electron chi connectivity index (χ3n) is 2.23. The second kappa shape index (κ2) is 6.07. The smallest absolute Gasteiger partial charge is 0.137 e. The highest BCUT2D eigenvalue weighted by atomic mass is 35.5. The maximum atomic E-state index is 11.6. The Hall–Kier alpha value is -0.790. The summed E-state index contributed by atoms with van der Waals surface area (Å²) < 4.78 is 0. The monoisotopic (exact) mass is 256 g/mol. The van der Waals surface area contributed by atoms with E-state index in [1.807, 2.05) is 6.92 Å². The Kier molecular flexibility index (Phi) is 5.04. The van der Waals surface area contributed by atoms with Crippen molar-refractivity contribution in [3.63, 3.8) is 0 Å². The van der Waals surface area contributed by atoms with Gasteiger partial charge in [0.15, 0.2) is 0 Å². The summed E-state index contributed by atoms with van der Waals surface area (Å²) in [5, 5.41) is 1.14. The van der Waals surface area contributed by atoms with Gasteiger partial charge in [-0.25, -0.2) is 0 Å². The van der Waals surface area contributed by atoms with Gasteiger partial charge in [-0.1, -0.05) is 34.8 Å². The number of rotatable bonds is 5. The Morgan fingerprint density at radius 1 is 1.31 bits per heavy atom. The van der Waals surface area contributed by atoms with Gasteiger partial charge in [0.05, 0.1) is 0 Å². The van der Waals surface area contributed by atoms with E-state index in [-0.39, 0.29) is 5.78 Å². The van der Waals surface area contributed by atoms with Crippen LogP contribution in [0.5, 0.6) is 0 Å². The van der Waals surface area contributed by atoms with Crippen LogP contribution in [0.3, 0.4) is 0 Å². The van der Waals surface area contributed by atoms with Crippen LogP contribution >= 0.6 is 23.2 Å². The topological polar surface area (TPSA) is 17.1 Å². The summed E-state index contributed by atoms with van der Waals surface area (Å²) >= 11 is 11.8. The van der Waals surface area contributed by atoms with Gasteiger partial charge in [0, 0.05) is 22.9 Å². The Bertz CT molecular complexity index is 410. The van der Waals surface area contributed by atoms with Crippen LogP contribution < -0.4 is 0 Å². The zero-order valence-electron chi connectivity index (χ0n) is 9.22. The molecule has 0 aromatic heterocycles. The van der Waals surface area contributed by atoms with Crippen LogP contribution in [0.15, 0.2) is 30.4 Å². The largest absolute Gasteiger partial charge is 0.299 e. The molecular weight excluding hydrogens is 243 g/mol. The molecule has 0 atom stereocenters. The molecule has 0 aliphatic carbocycles. The fraction of sp³-hybridized carbons (Fsp3) is 0.308. The van der Waals surface area contributed by atoms with Crippen molar-refractivity contribution in [3.8, 4) is 0 Å². The van der Waals surface area contributed by atoms with Crippen LogP contribution in [0.2, 0.25) is 10.0 Å². The van der Waals surface area contributed by atoms with Gasteiger partial charge in [0.1, 0.15) is 5.78 Å². The molecule has 3 heteroatoms. The van der Waals surface area contributed by atoms with Crippen LogP contribution in [-0.4, -0.2) is 5.78 Å². The maximum absolute atomic E-state index is 11.6. The number of carbonyl (C=O) groups excluding carboxylic acids is 1. The van der Waals surface area contributed by atoms with Crippen molar-refractivity contribution < 1.29 is 4.79 Å². The number of carbonyl (C=O) groups is 1. The quantitative estimate of drug-likeness (QED) is 0.711. The van der Waals surface area contributed by atoms with Crippen molar-refractivity contribution in [3.05, 3.63) is 46.0 Å². The molecule has 0 saturated heterocycles. The van der Waals surface area contributed by atoms with Gasteiger partial charge >= 0.3 is 0 Å². The molecule has 0 heterocycles. The molecule has 0 saturated carbocycles. The third kappa shape index (κ3) is 4.38. The molecule has 0 aliphatic rings. The van der Waals surface area contributed by atoms with E-state index in [4.69, 9.17) is 23.2 Å². The van der Waals surface area contributed by atoms with Crippen LogP contribution in [0.1, 0.15) is 25.3 Å². The average molecular weight is 257 g/mol. The van der Waals surface area contributed by atoms with Crippen LogP contribution in [-0.2, 0) is 11.2 Å². The van der Waals surface area contributed by atoms with Crippen LogP contribution in [0.4, 0.5) is 0 Å².